The number of oxazole rings is 1. The molecule has 5 nitrogen and oxygen atoms in total. The van der Waals surface area contributed by atoms with Crippen molar-refractivity contribution in [2.24, 2.45) is 0 Å². The van der Waals surface area contributed by atoms with Gasteiger partial charge in [-0.15, -0.1) is 11.3 Å². The zero-order valence-corrected chi connectivity index (χ0v) is 12.6. The van der Waals surface area contributed by atoms with Crippen LogP contribution in [0.3, 0.4) is 0 Å². The maximum atomic E-state index is 12.2. The van der Waals surface area contributed by atoms with E-state index in [9.17, 15) is 4.79 Å². The molecule has 3 aromatic rings. The van der Waals surface area contributed by atoms with E-state index in [2.05, 4.69) is 10.3 Å². The first-order valence-electron chi connectivity index (χ1n) is 6.53. The second kappa shape index (κ2) is 5.21. The predicted molar refractivity (Wildman–Crippen MR) is 83.4 cm³/mol. The van der Waals surface area contributed by atoms with E-state index < -0.39 is 0 Å². The minimum absolute atomic E-state index is 0.136. The molecule has 2 heterocycles. The summed E-state index contributed by atoms with van der Waals surface area (Å²) in [7, 11) is 0. The number of nitrogens with zero attached hydrogens (tertiary/aromatic N) is 1. The van der Waals surface area contributed by atoms with Gasteiger partial charge in [-0.1, -0.05) is 0 Å². The summed E-state index contributed by atoms with van der Waals surface area (Å²) in [5.41, 5.74) is 7.28. The van der Waals surface area contributed by atoms with Crippen LogP contribution in [0.1, 0.15) is 27.0 Å². The quantitative estimate of drug-likeness (QED) is 0.729. The Labute approximate surface area is 125 Å². The minimum Gasteiger partial charge on any atom is -0.444 e. The van der Waals surface area contributed by atoms with E-state index >= 15 is 0 Å². The fourth-order valence-electron chi connectivity index (χ4n) is 2.03. The molecule has 0 atom stereocenters. The number of fused-ring (bicyclic) bond motifs is 1. The van der Waals surface area contributed by atoms with Gasteiger partial charge in [-0.25, -0.2) is 4.98 Å². The lowest BCUT2D eigenvalue weighted by Crippen LogP contribution is -2.21. The van der Waals surface area contributed by atoms with Crippen molar-refractivity contribution in [3.8, 4) is 0 Å². The Bertz CT molecular complexity index is 800. The Hall–Kier alpha value is -2.34. The molecule has 0 saturated carbocycles. The molecule has 0 aliphatic heterocycles. The highest BCUT2D eigenvalue weighted by molar-refractivity contribution is 7.20. The highest BCUT2D eigenvalue weighted by atomic mass is 32.1. The van der Waals surface area contributed by atoms with Crippen LogP contribution in [0, 0.1) is 13.8 Å². The van der Waals surface area contributed by atoms with Crippen molar-refractivity contribution >= 4 is 33.0 Å². The summed E-state index contributed by atoms with van der Waals surface area (Å²) >= 11 is 1.44. The number of carbonyl (C=O) groups excluding carboxylic acids is 1. The fourth-order valence-corrected chi connectivity index (χ4v) is 2.99. The molecule has 1 amide bonds. The summed E-state index contributed by atoms with van der Waals surface area (Å²) in [5, 5.41) is 3.79. The van der Waals surface area contributed by atoms with Crippen molar-refractivity contribution in [1.29, 1.82) is 0 Å². The van der Waals surface area contributed by atoms with Crippen molar-refractivity contribution in [3.63, 3.8) is 0 Å². The topological polar surface area (TPSA) is 81.2 Å². The maximum Gasteiger partial charge on any atom is 0.261 e. The van der Waals surface area contributed by atoms with Gasteiger partial charge in [0.05, 0.1) is 17.1 Å². The smallest absolute Gasteiger partial charge is 0.261 e. The molecule has 0 aliphatic rings. The predicted octanol–water partition coefficient (Wildman–Crippen LogP) is 3.02. The molecule has 6 heteroatoms. The van der Waals surface area contributed by atoms with Gasteiger partial charge < -0.3 is 15.5 Å². The van der Waals surface area contributed by atoms with Crippen LogP contribution in [0.5, 0.6) is 0 Å². The Kier molecular flexibility index (Phi) is 3.39. The highest BCUT2D eigenvalue weighted by Gasteiger charge is 2.12. The van der Waals surface area contributed by atoms with Crippen molar-refractivity contribution < 1.29 is 9.21 Å². The van der Waals surface area contributed by atoms with Gasteiger partial charge >= 0.3 is 0 Å². The number of amides is 1. The number of nitrogen functional groups attached to an aromatic ring is 1. The summed E-state index contributed by atoms with van der Waals surface area (Å²) < 4.78 is 6.48. The Morgan fingerprint density at radius 1 is 1.38 bits per heavy atom. The van der Waals surface area contributed by atoms with Crippen molar-refractivity contribution in [2.75, 3.05) is 5.73 Å². The molecule has 21 heavy (non-hydrogen) atoms. The molecule has 0 radical (unpaired) electrons. The lowest BCUT2D eigenvalue weighted by molar-refractivity contribution is 0.0951. The van der Waals surface area contributed by atoms with E-state index in [1.54, 1.807) is 0 Å². The largest absolute Gasteiger partial charge is 0.444 e. The van der Waals surface area contributed by atoms with Gasteiger partial charge in [0, 0.05) is 10.4 Å². The van der Waals surface area contributed by atoms with Crippen LogP contribution in [0.2, 0.25) is 0 Å². The zero-order chi connectivity index (χ0) is 15.0. The third kappa shape index (κ3) is 2.75. The van der Waals surface area contributed by atoms with Crippen molar-refractivity contribution in [1.82, 2.24) is 10.3 Å². The van der Waals surface area contributed by atoms with Crippen LogP contribution >= 0.6 is 11.3 Å². The fraction of sp³-hybridized carbons (Fsp3) is 0.200. The third-order valence-corrected chi connectivity index (χ3v) is 4.35. The summed E-state index contributed by atoms with van der Waals surface area (Å²) in [5.74, 6) is 1.16. The molecule has 3 rings (SSSR count). The number of nitrogens with one attached hydrogen (secondary N) is 1. The summed E-state index contributed by atoms with van der Waals surface area (Å²) in [6, 6.07) is 7.47. The number of hydrogen-bond acceptors (Lipinski definition) is 5. The molecule has 0 aliphatic carbocycles. The van der Waals surface area contributed by atoms with Gasteiger partial charge in [-0.2, -0.15) is 0 Å². The lowest BCUT2D eigenvalue weighted by Gasteiger charge is -1.99. The number of carbonyl (C=O) groups is 1. The molecule has 0 spiro atoms. The van der Waals surface area contributed by atoms with Crippen LogP contribution in [-0.4, -0.2) is 10.9 Å². The van der Waals surface area contributed by atoms with Gasteiger partial charge in [0.15, 0.2) is 0 Å². The van der Waals surface area contributed by atoms with Gasteiger partial charge in [-0.05, 0) is 43.5 Å². The average molecular weight is 301 g/mol. The second-order valence-electron chi connectivity index (χ2n) is 4.84. The monoisotopic (exact) mass is 301 g/mol. The van der Waals surface area contributed by atoms with Crippen molar-refractivity contribution in [2.45, 2.75) is 20.4 Å². The summed E-state index contributed by atoms with van der Waals surface area (Å²) in [6.07, 6.45) is 0. The number of rotatable bonds is 3. The molecule has 0 bridgehead atoms. The van der Waals surface area contributed by atoms with Crippen LogP contribution in [-0.2, 0) is 6.54 Å². The Morgan fingerprint density at radius 3 is 2.90 bits per heavy atom. The summed E-state index contributed by atoms with van der Waals surface area (Å²) in [4.78, 5) is 17.0. The minimum atomic E-state index is -0.136. The number of benzene rings is 1. The molecule has 0 saturated heterocycles. The maximum absolute atomic E-state index is 12.2. The van der Waals surface area contributed by atoms with Crippen LogP contribution < -0.4 is 11.1 Å². The number of thiophene rings is 1. The number of aromatic nitrogens is 1. The summed E-state index contributed by atoms with van der Waals surface area (Å²) in [6.45, 7) is 4.01. The van der Waals surface area contributed by atoms with Gasteiger partial charge in [0.25, 0.3) is 5.91 Å². The molecule has 0 fully saturated rings. The lowest BCUT2D eigenvalue weighted by atomic mass is 10.2. The number of aryl methyl sites for hydroxylation is 2. The first-order valence-corrected chi connectivity index (χ1v) is 7.35. The van der Waals surface area contributed by atoms with E-state index in [0.717, 1.165) is 21.5 Å². The normalized spacial score (nSPS) is 11.0. The number of anilines is 1. The molecule has 0 unspecified atom stereocenters. The average Bonchev–Trinajstić information content (AvgIpc) is 3.00. The molecule has 108 valence electrons. The van der Waals surface area contributed by atoms with Gasteiger partial charge in [-0.3, -0.25) is 4.79 Å². The first-order chi connectivity index (χ1) is 10.0. The molecular weight excluding hydrogens is 286 g/mol. The zero-order valence-electron chi connectivity index (χ0n) is 11.8. The molecule has 3 N–H and O–H groups in total. The third-order valence-electron chi connectivity index (χ3n) is 3.24. The molecular formula is C15H15N3O2S. The van der Waals surface area contributed by atoms with E-state index in [1.807, 2.05) is 38.1 Å². The number of hydrogen-bond donors (Lipinski definition) is 2. The highest BCUT2D eigenvalue weighted by Crippen LogP contribution is 2.27. The van der Waals surface area contributed by atoms with E-state index in [0.29, 0.717) is 16.5 Å². The van der Waals surface area contributed by atoms with E-state index in [1.165, 1.54) is 11.3 Å². The Balaban J connectivity index is 1.74. The first kappa shape index (κ1) is 13.6. The molecule has 1 aromatic carbocycles. The van der Waals surface area contributed by atoms with Gasteiger partial charge in [0.1, 0.15) is 5.76 Å². The SMILES string of the molecule is Cc1nc(CNC(=O)c2cc3cc(N)ccc3s2)oc1C. The van der Waals surface area contributed by atoms with Crippen LogP contribution in [0.25, 0.3) is 10.1 Å². The standard InChI is InChI=1S/C15H15N3O2S/c1-8-9(2)20-14(18-8)7-17-15(19)13-6-10-5-11(16)3-4-12(10)21-13/h3-6H,7,16H2,1-2H3,(H,17,19). The van der Waals surface area contributed by atoms with Crippen LogP contribution in [0.15, 0.2) is 28.7 Å². The van der Waals surface area contributed by atoms with E-state index in [4.69, 9.17) is 10.2 Å². The molecule has 2 aromatic heterocycles. The van der Waals surface area contributed by atoms with Crippen LogP contribution in [0.4, 0.5) is 5.69 Å². The Morgan fingerprint density at radius 2 is 2.19 bits per heavy atom. The second-order valence-corrected chi connectivity index (χ2v) is 5.92. The number of nitrogens with two attached hydrogens (primary N) is 1. The van der Waals surface area contributed by atoms with E-state index in [-0.39, 0.29) is 12.5 Å². The van der Waals surface area contributed by atoms with Crippen molar-refractivity contribution in [3.05, 3.63) is 46.5 Å². The van der Waals surface area contributed by atoms with Gasteiger partial charge in [0.2, 0.25) is 5.89 Å².